The Morgan fingerprint density at radius 3 is 0.870 bits per heavy atom. The maximum absolute atomic E-state index is 11.8. The second-order valence-corrected chi connectivity index (χ2v) is 13.1. The summed E-state index contributed by atoms with van der Waals surface area (Å²) in [5, 5.41) is 22.8. The number of carbonyl (C=O) groups is 2. The fourth-order valence-corrected chi connectivity index (χ4v) is 7.34. The van der Waals surface area contributed by atoms with Crippen molar-refractivity contribution in [2.75, 3.05) is 0 Å². The van der Waals surface area contributed by atoms with E-state index >= 15 is 0 Å². The molecule has 9 rings (SSSR count). The fourth-order valence-electron chi connectivity index (χ4n) is 7.34. The minimum Gasteiger partial charge on any atom is -0.478 e. The SMILES string of the molecule is O=C(O)c1ccc(/C2=c3\cc/c([nH]3)=C(\c3ccccc3)c3ccc([nH]3)/C(c3ccc(C(=O)O)cc3)=c3/cc/c([nH]3)=C(\c3ccccc3)c3ccc2[nH]3)cc1. The van der Waals surface area contributed by atoms with Gasteiger partial charge in [-0.25, -0.2) is 9.59 Å². The molecular formula is C46H32N4O4. The molecule has 0 saturated carbocycles. The van der Waals surface area contributed by atoms with Crippen LogP contribution in [0.1, 0.15) is 65.7 Å². The lowest BCUT2D eigenvalue weighted by Crippen LogP contribution is -2.19. The number of H-pyrrole nitrogens is 4. The van der Waals surface area contributed by atoms with Crippen LogP contribution in [-0.4, -0.2) is 42.1 Å². The summed E-state index contributed by atoms with van der Waals surface area (Å²) in [6.07, 6.45) is 0. The summed E-state index contributed by atoms with van der Waals surface area (Å²) < 4.78 is 0. The van der Waals surface area contributed by atoms with Gasteiger partial charge in [-0.3, -0.25) is 0 Å². The molecular weight excluding hydrogens is 673 g/mol. The van der Waals surface area contributed by atoms with Crippen LogP contribution in [0, 0.1) is 0 Å². The summed E-state index contributed by atoms with van der Waals surface area (Å²) in [4.78, 5) is 38.5. The van der Waals surface area contributed by atoms with Crippen LogP contribution in [0.3, 0.4) is 0 Å². The van der Waals surface area contributed by atoms with E-state index in [0.717, 1.165) is 88.7 Å². The molecule has 8 heteroatoms. The molecule has 1 aliphatic heterocycles. The molecule has 8 aromatic rings. The van der Waals surface area contributed by atoms with E-state index in [1.54, 1.807) is 24.3 Å². The van der Waals surface area contributed by atoms with Crippen molar-refractivity contribution in [3.05, 3.63) is 235 Å². The van der Waals surface area contributed by atoms with Crippen LogP contribution in [0.15, 0.2) is 158 Å². The van der Waals surface area contributed by atoms with E-state index < -0.39 is 11.9 Å². The molecule has 1 aliphatic rings. The summed E-state index contributed by atoms with van der Waals surface area (Å²) in [6.45, 7) is 0. The lowest BCUT2D eigenvalue weighted by Gasteiger charge is -2.10. The predicted molar refractivity (Wildman–Crippen MR) is 208 cm³/mol. The normalized spacial score (nSPS) is 16.6. The van der Waals surface area contributed by atoms with Crippen molar-refractivity contribution in [1.82, 2.24) is 19.9 Å². The number of fused-ring (bicyclic) bond motifs is 8. The molecule has 0 radical (unpaired) electrons. The Hall–Kier alpha value is -7.58. The van der Waals surface area contributed by atoms with Gasteiger partial charge in [0, 0.05) is 66.5 Å². The number of carboxylic acid groups (broad SMARTS) is 2. The molecule has 4 aromatic heterocycles. The smallest absolute Gasteiger partial charge is 0.335 e. The highest BCUT2D eigenvalue weighted by molar-refractivity contribution is 5.90. The molecule has 0 aliphatic carbocycles. The zero-order chi connectivity index (χ0) is 36.8. The molecule has 0 amide bonds. The van der Waals surface area contributed by atoms with Crippen LogP contribution in [-0.2, 0) is 0 Å². The summed E-state index contributed by atoms with van der Waals surface area (Å²) in [7, 11) is 0. The Kier molecular flexibility index (Phi) is 7.90. The number of hydrogen-bond acceptors (Lipinski definition) is 2. The highest BCUT2D eigenvalue weighted by Crippen LogP contribution is 2.28. The molecule has 8 bridgehead atoms. The van der Waals surface area contributed by atoms with Gasteiger partial charge >= 0.3 is 11.9 Å². The maximum atomic E-state index is 11.8. The maximum Gasteiger partial charge on any atom is 0.335 e. The Bertz CT molecular complexity index is 2760. The number of nitrogens with one attached hydrogen (secondary N) is 4. The third kappa shape index (κ3) is 5.78. The average molecular weight is 705 g/mol. The van der Waals surface area contributed by atoms with Crippen molar-refractivity contribution in [3.63, 3.8) is 0 Å². The third-order valence-electron chi connectivity index (χ3n) is 9.86. The van der Waals surface area contributed by atoms with Gasteiger partial charge in [-0.15, -0.1) is 0 Å². The van der Waals surface area contributed by atoms with E-state index in [1.807, 2.05) is 60.7 Å². The van der Waals surface area contributed by atoms with Gasteiger partial charge in [-0.2, -0.15) is 0 Å². The van der Waals surface area contributed by atoms with Crippen LogP contribution in [0.5, 0.6) is 0 Å². The zero-order valence-corrected chi connectivity index (χ0v) is 28.7. The lowest BCUT2D eigenvalue weighted by molar-refractivity contribution is 0.0686. The van der Waals surface area contributed by atoms with E-state index in [-0.39, 0.29) is 11.1 Å². The number of hydrogen-bond donors (Lipinski definition) is 6. The van der Waals surface area contributed by atoms with Crippen molar-refractivity contribution in [2.24, 2.45) is 0 Å². The van der Waals surface area contributed by atoms with Crippen molar-refractivity contribution in [3.8, 4) is 0 Å². The quantitative estimate of drug-likeness (QED) is 0.132. The van der Waals surface area contributed by atoms with Gasteiger partial charge in [0.15, 0.2) is 0 Å². The number of aromatic amines is 4. The second kappa shape index (κ2) is 13.2. The van der Waals surface area contributed by atoms with Crippen molar-refractivity contribution < 1.29 is 19.8 Å². The van der Waals surface area contributed by atoms with E-state index in [9.17, 15) is 19.8 Å². The lowest BCUT2D eigenvalue weighted by atomic mass is 10.0. The van der Waals surface area contributed by atoms with Crippen molar-refractivity contribution in [1.29, 1.82) is 0 Å². The molecule has 6 N–H and O–H groups in total. The Morgan fingerprint density at radius 2 is 0.593 bits per heavy atom. The van der Waals surface area contributed by atoms with Crippen LogP contribution in [0.2, 0.25) is 0 Å². The van der Waals surface area contributed by atoms with Crippen molar-refractivity contribution >= 4 is 34.2 Å². The van der Waals surface area contributed by atoms with E-state index in [2.05, 4.69) is 92.7 Å². The standard InChI is InChI=1S/C46H32N4O4/c51-45(52)31-15-11-29(12-16-31)43-37-23-19-33(47-37)41(27-7-3-1-4-8-27)34-20-24-38(48-34)44(30-13-17-32(18-14-30)46(53)54)40-26-22-36(50-40)42(28-9-5-2-6-10-28)35-21-25-39(43)49-35/h1-26,47-50H,(H,51,52)(H,53,54)/b41-33-,41-34?,42-35?,42-36-,43-37-,43-39?,44-38?,44-40-. The first kappa shape index (κ1) is 32.3. The van der Waals surface area contributed by atoms with E-state index in [1.165, 1.54) is 0 Å². The Labute approximate surface area is 308 Å². The molecule has 8 nitrogen and oxygen atoms in total. The number of carboxylic acids is 2. The molecule has 0 spiro atoms. The van der Waals surface area contributed by atoms with E-state index in [0.29, 0.717) is 0 Å². The summed E-state index contributed by atoms with van der Waals surface area (Å²) in [6, 6.07) is 50.7. The van der Waals surface area contributed by atoms with E-state index in [4.69, 9.17) is 0 Å². The molecule has 5 heterocycles. The molecule has 0 saturated heterocycles. The fraction of sp³-hybridized carbons (Fsp3) is 0. The first-order valence-corrected chi connectivity index (χ1v) is 17.5. The second-order valence-electron chi connectivity index (χ2n) is 13.1. The predicted octanol–water partition coefficient (Wildman–Crippen LogP) is 5.70. The minimum atomic E-state index is -0.980. The van der Waals surface area contributed by atoms with Crippen LogP contribution < -0.4 is 21.4 Å². The minimum absolute atomic E-state index is 0.213. The molecule has 0 unspecified atom stereocenters. The monoisotopic (exact) mass is 704 g/mol. The topological polar surface area (TPSA) is 138 Å². The van der Waals surface area contributed by atoms with Crippen molar-refractivity contribution in [2.45, 2.75) is 0 Å². The van der Waals surface area contributed by atoms with Crippen LogP contribution in [0.25, 0.3) is 22.3 Å². The number of benzene rings is 4. The third-order valence-corrected chi connectivity index (χ3v) is 9.86. The number of aromatic carboxylic acids is 2. The number of rotatable bonds is 6. The Balaban J connectivity index is 1.41. The largest absolute Gasteiger partial charge is 0.478 e. The highest BCUT2D eigenvalue weighted by atomic mass is 16.4. The van der Waals surface area contributed by atoms with Gasteiger partial charge in [0.1, 0.15) is 0 Å². The van der Waals surface area contributed by atoms with Gasteiger partial charge in [0.25, 0.3) is 0 Å². The zero-order valence-electron chi connectivity index (χ0n) is 28.7. The van der Waals surface area contributed by atoms with Gasteiger partial charge in [-0.05, 0) is 95.1 Å². The van der Waals surface area contributed by atoms with Gasteiger partial charge in [0.2, 0.25) is 0 Å². The van der Waals surface area contributed by atoms with Gasteiger partial charge in [-0.1, -0.05) is 84.9 Å². The summed E-state index contributed by atoms with van der Waals surface area (Å²) in [5.74, 6) is -1.96. The first-order valence-electron chi connectivity index (χ1n) is 17.5. The molecule has 4 aromatic carbocycles. The first-order chi connectivity index (χ1) is 26.4. The molecule has 54 heavy (non-hydrogen) atoms. The summed E-state index contributed by atoms with van der Waals surface area (Å²) in [5.41, 5.74) is 11.3. The van der Waals surface area contributed by atoms with Crippen LogP contribution in [0.4, 0.5) is 0 Å². The molecule has 0 atom stereocenters. The molecule has 260 valence electrons. The Morgan fingerprint density at radius 1 is 0.315 bits per heavy atom. The molecule has 0 fully saturated rings. The van der Waals surface area contributed by atoms with Gasteiger partial charge in [0.05, 0.1) is 11.1 Å². The van der Waals surface area contributed by atoms with Gasteiger partial charge < -0.3 is 30.1 Å². The summed E-state index contributed by atoms with van der Waals surface area (Å²) >= 11 is 0. The average Bonchev–Trinajstić information content (AvgIpc) is 4.04. The van der Waals surface area contributed by atoms with Crippen LogP contribution >= 0.6 is 0 Å². The number of aromatic nitrogens is 4. The highest BCUT2D eigenvalue weighted by Gasteiger charge is 2.19.